The molecule has 160 valence electrons. The Morgan fingerprint density at radius 3 is 3.03 bits per heavy atom. The summed E-state index contributed by atoms with van der Waals surface area (Å²) in [6.45, 7) is 0.567. The first-order chi connectivity index (χ1) is 15.0. The van der Waals surface area contributed by atoms with E-state index >= 15 is 0 Å². The molecule has 0 bridgehead atoms. The summed E-state index contributed by atoms with van der Waals surface area (Å²) in [5.41, 5.74) is 8.63. The van der Waals surface area contributed by atoms with Crippen LogP contribution in [0.15, 0.2) is 48.3 Å². The fraction of sp³-hybridized carbons (Fsp3) is 0.348. The SMILES string of the molecule is N#CC1CCCN1C(=O)[C@@H](N)Cc1c[nH]c2ccc(OC(=O)NC3=CCCC=C3)cc12. The minimum Gasteiger partial charge on any atom is -0.410 e. The van der Waals surface area contributed by atoms with E-state index in [0.717, 1.165) is 41.4 Å². The molecular weight excluding hydrogens is 394 g/mol. The van der Waals surface area contributed by atoms with Crippen molar-refractivity contribution in [2.75, 3.05) is 6.54 Å². The Kier molecular flexibility index (Phi) is 6.05. The van der Waals surface area contributed by atoms with Crippen LogP contribution in [-0.4, -0.2) is 40.5 Å². The van der Waals surface area contributed by atoms with Crippen molar-refractivity contribution in [3.63, 3.8) is 0 Å². The molecule has 4 rings (SSSR count). The quantitative estimate of drug-likeness (QED) is 0.687. The zero-order chi connectivity index (χ0) is 21.8. The molecule has 1 aromatic heterocycles. The van der Waals surface area contributed by atoms with Crippen molar-refractivity contribution in [2.45, 2.75) is 44.2 Å². The van der Waals surface area contributed by atoms with E-state index in [1.807, 2.05) is 30.5 Å². The first kappa shape index (κ1) is 20.7. The fourth-order valence-corrected chi connectivity index (χ4v) is 4.05. The van der Waals surface area contributed by atoms with Crippen molar-refractivity contribution in [1.82, 2.24) is 15.2 Å². The Hall–Kier alpha value is -3.57. The minimum atomic E-state index is -0.745. The van der Waals surface area contributed by atoms with Crippen LogP contribution in [0, 0.1) is 11.3 Å². The number of nitrogens with two attached hydrogens (primary N) is 1. The van der Waals surface area contributed by atoms with Crippen molar-refractivity contribution in [3.05, 3.63) is 53.9 Å². The van der Waals surface area contributed by atoms with Crippen molar-refractivity contribution in [2.24, 2.45) is 5.73 Å². The van der Waals surface area contributed by atoms with Gasteiger partial charge in [0.15, 0.2) is 0 Å². The number of fused-ring (bicyclic) bond motifs is 1. The third-order valence-corrected chi connectivity index (χ3v) is 5.63. The number of nitrogens with zero attached hydrogens (tertiary/aromatic N) is 2. The molecular formula is C23H25N5O3. The maximum absolute atomic E-state index is 12.7. The van der Waals surface area contributed by atoms with Crippen LogP contribution in [0.3, 0.4) is 0 Å². The van der Waals surface area contributed by atoms with Crippen LogP contribution in [0.4, 0.5) is 4.79 Å². The number of hydrogen-bond donors (Lipinski definition) is 3. The average molecular weight is 419 g/mol. The predicted octanol–water partition coefficient (Wildman–Crippen LogP) is 2.87. The Balaban J connectivity index is 1.45. The molecule has 0 spiro atoms. The average Bonchev–Trinajstić information content (AvgIpc) is 3.41. The van der Waals surface area contributed by atoms with Crippen LogP contribution in [-0.2, 0) is 11.2 Å². The maximum atomic E-state index is 12.7. The third kappa shape index (κ3) is 4.62. The number of ether oxygens (including phenoxy) is 1. The molecule has 1 fully saturated rings. The summed E-state index contributed by atoms with van der Waals surface area (Å²) in [5.74, 6) is 0.189. The largest absolute Gasteiger partial charge is 0.417 e. The number of hydrogen-bond acceptors (Lipinski definition) is 5. The second-order valence-electron chi connectivity index (χ2n) is 7.80. The maximum Gasteiger partial charge on any atom is 0.417 e. The molecule has 4 N–H and O–H groups in total. The van der Waals surface area contributed by atoms with Gasteiger partial charge in [-0.1, -0.05) is 12.2 Å². The van der Waals surface area contributed by atoms with Gasteiger partial charge >= 0.3 is 6.09 Å². The molecule has 0 saturated carbocycles. The highest BCUT2D eigenvalue weighted by atomic mass is 16.6. The van der Waals surface area contributed by atoms with Gasteiger partial charge in [0.1, 0.15) is 11.8 Å². The van der Waals surface area contributed by atoms with E-state index in [2.05, 4.69) is 16.4 Å². The number of benzene rings is 1. The first-order valence-electron chi connectivity index (χ1n) is 10.5. The normalized spacial score (nSPS) is 19.0. The van der Waals surface area contributed by atoms with Crippen molar-refractivity contribution in [1.29, 1.82) is 5.26 Å². The number of allylic oxidation sites excluding steroid dienone is 3. The minimum absolute atomic E-state index is 0.209. The Labute approximate surface area is 180 Å². The van der Waals surface area contributed by atoms with Crippen molar-refractivity contribution in [3.8, 4) is 11.8 Å². The van der Waals surface area contributed by atoms with Gasteiger partial charge in [-0.3, -0.25) is 10.1 Å². The van der Waals surface area contributed by atoms with Crippen molar-refractivity contribution < 1.29 is 14.3 Å². The highest BCUT2D eigenvalue weighted by molar-refractivity contribution is 5.88. The highest BCUT2D eigenvalue weighted by Crippen LogP contribution is 2.26. The molecule has 31 heavy (non-hydrogen) atoms. The Morgan fingerprint density at radius 2 is 2.26 bits per heavy atom. The van der Waals surface area contributed by atoms with Gasteiger partial charge in [-0.25, -0.2) is 4.79 Å². The lowest BCUT2D eigenvalue weighted by atomic mass is 10.0. The van der Waals surface area contributed by atoms with E-state index in [1.54, 1.807) is 17.0 Å². The molecule has 2 heterocycles. The number of carbonyl (C=O) groups excluding carboxylic acids is 2. The van der Waals surface area contributed by atoms with E-state index in [0.29, 0.717) is 25.1 Å². The van der Waals surface area contributed by atoms with Crippen LogP contribution >= 0.6 is 0 Å². The second kappa shape index (κ2) is 9.06. The van der Waals surface area contributed by atoms with Crippen LogP contribution in [0.5, 0.6) is 5.75 Å². The number of nitriles is 1. The van der Waals surface area contributed by atoms with E-state index < -0.39 is 18.2 Å². The molecule has 2 atom stereocenters. The number of aromatic nitrogens is 1. The molecule has 8 nitrogen and oxygen atoms in total. The zero-order valence-electron chi connectivity index (χ0n) is 17.1. The molecule has 1 aliphatic heterocycles. The summed E-state index contributed by atoms with van der Waals surface area (Å²) >= 11 is 0. The predicted molar refractivity (Wildman–Crippen MR) is 116 cm³/mol. The fourth-order valence-electron chi connectivity index (χ4n) is 4.05. The summed E-state index contributed by atoms with van der Waals surface area (Å²) < 4.78 is 5.43. The van der Waals surface area contributed by atoms with E-state index in [9.17, 15) is 14.9 Å². The summed E-state index contributed by atoms with van der Waals surface area (Å²) in [4.78, 5) is 29.7. The summed E-state index contributed by atoms with van der Waals surface area (Å²) in [6.07, 6.45) is 10.7. The lowest BCUT2D eigenvalue weighted by Gasteiger charge is -2.23. The number of nitrogens with one attached hydrogen (secondary N) is 2. The van der Waals surface area contributed by atoms with E-state index in [1.165, 1.54) is 0 Å². The van der Waals surface area contributed by atoms with Gasteiger partial charge in [-0.2, -0.15) is 5.26 Å². The number of H-pyrrole nitrogens is 1. The summed E-state index contributed by atoms with van der Waals surface area (Å²) in [6, 6.07) is 6.32. The molecule has 1 saturated heterocycles. The van der Waals surface area contributed by atoms with Gasteiger partial charge in [0.05, 0.1) is 12.1 Å². The van der Waals surface area contributed by atoms with Crippen LogP contribution in [0.25, 0.3) is 10.9 Å². The third-order valence-electron chi connectivity index (χ3n) is 5.63. The molecule has 2 aromatic rings. The van der Waals surface area contributed by atoms with Gasteiger partial charge < -0.3 is 20.4 Å². The molecule has 2 amide bonds. The molecule has 8 heteroatoms. The number of amides is 2. The van der Waals surface area contributed by atoms with E-state index in [-0.39, 0.29) is 5.91 Å². The van der Waals surface area contributed by atoms with Gasteiger partial charge in [0.2, 0.25) is 5.91 Å². The lowest BCUT2D eigenvalue weighted by Crippen LogP contribution is -2.46. The van der Waals surface area contributed by atoms with Gasteiger partial charge in [0.25, 0.3) is 0 Å². The first-order valence-corrected chi connectivity index (χ1v) is 10.5. The smallest absolute Gasteiger partial charge is 0.410 e. The summed E-state index contributed by atoms with van der Waals surface area (Å²) in [7, 11) is 0. The molecule has 1 unspecified atom stereocenters. The van der Waals surface area contributed by atoms with Gasteiger partial charge in [0, 0.05) is 29.3 Å². The number of carbonyl (C=O) groups is 2. The topological polar surface area (TPSA) is 124 Å². The molecule has 1 aliphatic carbocycles. The van der Waals surface area contributed by atoms with E-state index in [4.69, 9.17) is 10.5 Å². The van der Waals surface area contributed by atoms with Gasteiger partial charge in [-0.05, 0) is 61.9 Å². The Morgan fingerprint density at radius 1 is 1.39 bits per heavy atom. The van der Waals surface area contributed by atoms with Crippen LogP contribution in [0.2, 0.25) is 0 Å². The highest BCUT2D eigenvalue weighted by Gasteiger charge is 2.31. The molecule has 0 radical (unpaired) electrons. The molecule has 2 aliphatic rings. The zero-order valence-corrected chi connectivity index (χ0v) is 17.1. The number of aromatic amines is 1. The van der Waals surface area contributed by atoms with Crippen LogP contribution < -0.4 is 15.8 Å². The second-order valence-corrected chi connectivity index (χ2v) is 7.80. The number of likely N-dealkylation sites (tertiary alicyclic amines) is 1. The van der Waals surface area contributed by atoms with Gasteiger partial charge in [-0.15, -0.1) is 0 Å². The summed E-state index contributed by atoms with van der Waals surface area (Å²) in [5, 5.41) is 12.8. The van der Waals surface area contributed by atoms with Crippen LogP contribution in [0.1, 0.15) is 31.2 Å². The monoisotopic (exact) mass is 419 g/mol. The van der Waals surface area contributed by atoms with Crippen molar-refractivity contribution >= 4 is 22.9 Å². The number of rotatable bonds is 5. The Bertz CT molecular complexity index is 1090. The lowest BCUT2D eigenvalue weighted by molar-refractivity contribution is -0.132. The molecule has 1 aromatic carbocycles. The standard InChI is InChI=1S/C23H25N5O3/c24-13-17-7-4-10-28(17)22(29)20(25)11-15-14-26-21-9-8-18(12-19(15)21)31-23(30)27-16-5-2-1-3-6-16/h2,5-6,8-9,12,14,17,20,26H,1,3-4,7,10-11,25H2,(H,27,30)/t17?,20-/m0/s1.